The van der Waals surface area contributed by atoms with Crippen LogP contribution in [0, 0.1) is 6.92 Å². The van der Waals surface area contributed by atoms with Crippen molar-refractivity contribution in [1.82, 2.24) is 15.5 Å². The molecule has 9 nitrogen and oxygen atoms in total. The van der Waals surface area contributed by atoms with E-state index in [9.17, 15) is 14.7 Å². The number of aliphatic carboxylic acids is 1. The lowest BCUT2D eigenvalue weighted by Gasteiger charge is -2.25. The molecule has 0 fully saturated rings. The summed E-state index contributed by atoms with van der Waals surface area (Å²) in [4.78, 5) is 27.7. The van der Waals surface area contributed by atoms with E-state index in [1.165, 1.54) is 20.1 Å². The predicted octanol–water partition coefficient (Wildman–Crippen LogP) is 1.18. The maximum atomic E-state index is 12.3. The molecule has 2 aromatic rings. The number of ether oxygens (including phenoxy) is 2. The van der Waals surface area contributed by atoms with Gasteiger partial charge in [-0.15, -0.1) is 0 Å². The SMILES string of the molecule is COCC(C)(NC(=O)c1cccc(OCc2noc(C)n2)c1)C(=O)O. The average molecular weight is 349 g/mol. The topological polar surface area (TPSA) is 124 Å². The zero-order valence-electron chi connectivity index (χ0n) is 14.1. The first-order valence-corrected chi connectivity index (χ1v) is 7.41. The van der Waals surface area contributed by atoms with Crippen LogP contribution >= 0.6 is 0 Å². The number of aryl methyl sites for hydroxylation is 1. The second-order valence-electron chi connectivity index (χ2n) is 5.57. The molecule has 0 aliphatic heterocycles. The molecule has 134 valence electrons. The van der Waals surface area contributed by atoms with E-state index in [0.29, 0.717) is 17.5 Å². The van der Waals surface area contributed by atoms with E-state index in [0.717, 1.165) is 0 Å². The van der Waals surface area contributed by atoms with Gasteiger partial charge in [-0.3, -0.25) is 4.79 Å². The molecule has 1 amide bonds. The minimum Gasteiger partial charge on any atom is -0.485 e. The van der Waals surface area contributed by atoms with Crippen LogP contribution in [-0.2, 0) is 16.1 Å². The Kier molecular flexibility index (Phi) is 5.71. The van der Waals surface area contributed by atoms with E-state index in [1.54, 1.807) is 25.1 Å². The highest BCUT2D eigenvalue weighted by Crippen LogP contribution is 2.16. The molecule has 0 aliphatic rings. The lowest BCUT2D eigenvalue weighted by Crippen LogP contribution is -2.55. The van der Waals surface area contributed by atoms with Crippen LogP contribution < -0.4 is 10.1 Å². The van der Waals surface area contributed by atoms with Crippen LogP contribution in [0.1, 0.15) is 29.0 Å². The lowest BCUT2D eigenvalue weighted by atomic mass is 10.0. The van der Waals surface area contributed by atoms with Gasteiger partial charge < -0.3 is 24.4 Å². The Morgan fingerprint density at radius 1 is 1.40 bits per heavy atom. The van der Waals surface area contributed by atoms with E-state index in [1.807, 2.05) is 0 Å². The Bertz CT molecular complexity index is 760. The van der Waals surface area contributed by atoms with Crippen molar-refractivity contribution in [2.24, 2.45) is 0 Å². The lowest BCUT2D eigenvalue weighted by molar-refractivity contribution is -0.145. The molecule has 0 radical (unpaired) electrons. The van der Waals surface area contributed by atoms with Crippen molar-refractivity contribution >= 4 is 11.9 Å². The van der Waals surface area contributed by atoms with Crippen molar-refractivity contribution in [3.63, 3.8) is 0 Å². The fourth-order valence-electron chi connectivity index (χ4n) is 2.04. The minimum absolute atomic E-state index is 0.0823. The summed E-state index contributed by atoms with van der Waals surface area (Å²) in [6, 6.07) is 6.34. The number of amides is 1. The average Bonchev–Trinajstić information content (AvgIpc) is 2.98. The number of carboxylic acids is 1. The summed E-state index contributed by atoms with van der Waals surface area (Å²) in [5.74, 6) is -0.520. The van der Waals surface area contributed by atoms with Crippen molar-refractivity contribution in [2.45, 2.75) is 26.0 Å². The maximum Gasteiger partial charge on any atom is 0.331 e. The molecule has 2 N–H and O–H groups in total. The van der Waals surface area contributed by atoms with Gasteiger partial charge in [0.15, 0.2) is 12.1 Å². The van der Waals surface area contributed by atoms with Gasteiger partial charge in [0.05, 0.1) is 6.61 Å². The second kappa shape index (κ2) is 7.75. The number of carbonyl (C=O) groups is 2. The van der Waals surface area contributed by atoms with Crippen LogP contribution in [0.3, 0.4) is 0 Å². The Labute approximate surface area is 143 Å². The van der Waals surface area contributed by atoms with Gasteiger partial charge in [0.1, 0.15) is 5.75 Å². The maximum absolute atomic E-state index is 12.3. The van der Waals surface area contributed by atoms with E-state index in [-0.39, 0.29) is 18.8 Å². The van der Waals surface area contributed by atoms with Gasteiger partial charge in [0.25, 0.3) is 5.91 Å². The molecular formula is C16H19N3O6. The summed E-state index contributed by atoms with van der Waals surface area (Å²) < 4.78 is 15.2. The highest BCUT2D eigenvalue weighted by Gasteiger charge is 2.35. The summed E-state index contributed by atoms with van der Waals surface area (Å²) >= 11 is 0. The molecule has 0 saturated carbocycles. The molecule has 1 aromatic heterocycles. The number of rotatable bonds is 8. The molecule has 0 aliphatic carbocycles. The van der Waals surface area contributed by atoms with Crippen LogP contribution in [0.5, 0.6) is 5.75 Å². The standard InChI is InChI=1S/C16H19N3O6/c1-10-17-13(19-25-10)8-24-12-6-4-5-11(7-12)14(20)18-16(2,9-23-3)15(21)22/h4-7H,8-9H2,1-3H3,(H,18,20)(H,21,22). The molecule has 1 unspecified atom stereocenters. The third-order valence-corrected chi connectivity index (χ3v) is 3.33. The Morgan fingerprint density at radius 3 is 2.76 bits per heavy atom. The number of nitrogens with one attached hydrogen (secondary N) is 1. The summed E-state index contributed by atoms with van der Waals surface area (Å²) in [6.07, 6.45) is 0. The third kappa shape index (κ3) is 4.77. The van der Waals surface area contributed by atoms with Crippen LogP contribution in [0.2, 0.25) is 0 Å². The summed E-state index contributed by atoms with van der Waals surface area (Å²) in [7, 11) is 1.36. The summed E-state index contributed by atoms with van der Waals surface area (Å²) in [5, 5.41) is 15.4. The number of carboxylic acid groups (broad SMARTS) is 1. The van der Waals surface area contributed by atoms with Gasteiger partial charge in [0.2, 0.25) is 11.7 Å². The Balaban J connectivity index is 2.06. The number of aromatic nitrogens is 2. The van der Waals surface area contributed by atoms with Crippen molar-refractivity contribution in [2.75, 3.05) is 13.7 Å². The first kappa shape index (κ1) is 18.4. The highest BCUT2D eigenvalue weighted by atomic mass is 16.5. The molecule has 0 saturated heterocycles. The highest BCUT2D eigenvalue weighted by molar-refractivity contribution is 5.98. The number of methoxy groups -OCH3 is 1. The zero-order valence-corrected chi connectivity index (χ0v) is 14.1. The molecule has 1 atom stereocenters. The largest absolute Gasteiger partial charge is 0.485 e. The zero-order chi connectivity index (χ0) is 18.4. The monoisotopic (exact) mass is 349 g/mol. The quantitative estimate of drug-likeness (QED) is 0.728. The van der Waals surface area contributed by atoms with Crippen LogP contribution in [0.15, 0.2) is 28.8 Å². The minimum atomic E-state index is -1.54. The molecular weight excluding hydrogens is 330 g/mol. The van der Waals surface area contributed by atoms with Crippen LogP contribution in [0.4, 0.5) is 0 Å². The number of benzene rings is 1. The van der Waals surface area contributed by atoms with Crippen molar-refractivity contribution < 1.29 is 28.7 Å². The predicted molar refractivity (Wildman–Crippen MR) is 85.2 cm³/mol. The molecule has 1 aromatic carbocycles. The van der Waals surface area contributed by atoms with Crippen LogP contribution in [0.25, 0.3) is 0 Å². The molecule has 1 heterocycles. The van der Waals surface area contributed by atoms with E-state index < -0.39 is 17.4 Å². The van der Waals surface area contributed by atoms with Gasteiger partial charge in [-0.1, -0.05) is 11.2 Å². The van der Waals surface area contributed by atoms with Gasteiger partial charge in [0, 0.05) is 19.6 Å². The molecule has 0 bridgehead atoms. The van der Waals surface area contributed by atoms with E-state index in [2.05, 4.69) is 15.5 Å². The third-order valence-electron chi connectivity index (χ3n) is 3.33. The fourth-order valence-corrected chi connectivity index (χ4v) is 2.04. The first-order chi connectivity index (χ1) is 11.8. The number of nitrogens with zero attached hydrogens (tertiary/aromatic N) is 2. The van der Waals surface area contributed by atoms with Crippen LogP contribution in [-0.4, -0.2) is 46.4 Å². The van der Waals surface area contributed by atoms with Gasteiger partial charge in [-0.25, -0.2) is 4.79 Å². The fraction of sp³-hybridized carbons (Fsp3) is 0.375. The summed E-state index contributed by atoms with van der Waals surface area (Å²) in [5.41, 5.74) is -1.28. The second-order valence-corrected chi connectivity index (χ2v) is 5.57. The summed E-state index contributed by atoms with van der Waals surface area (Å²) in [6.45, 7) is 2.96. The van der Waals surface area contributed by atoms with Crippen molar-refractivity contribution in [3.05, 3.63) is 41.5 Å². The number of hydrogen-bond donors (Lipinski definition) is 2. The smallest absolute Gasteiger partial charge is 0.331 e. The first-order valence-electron chi connectivity index (χ1n) is 7.41. The van der Waals surface area contributed by atoms with Crippen molar-refractivity contribution in [3.8, 4) is 5.75 Å². The van der Waals surface area contributed by atoms with E-state index in [4.69, 9.17) is 14.0 Å². The molecule has 2 rings (SSSR count). The normalized spacial score (nSPS) is 13.1. The molecule has 9 heteroatoms. The van der Waals surface area contributed by atoms with Crippen molar-refractivity contribution in [1.29, 1.82) is 0 Å². The van der Waals surface area contributed by atoms with E-state index >= 15 is 0 Å². The Morgan fingerprint density at radius 2 is 2.16 bits per heavy atom. The van der Waals surface area contributed by atoms with Gasteiger partial charge >= 0.3 is 5.97 Å². The molecule has 0 spiro atoms. The number of carbonyl (C=O) groups excluding carboxylic acids is 1. The molecule has 25 heavy (non-hydrogen) atoms. The number of hydrogen-bond acceptors (Lipinski definition) is 7. The van der Waals surface area contributed by atoms with Gasteiger partial charge in [-0.05, 0) is 25.1 Å². The van der Waals surface area contributed by atoms with Gasteiger partial charge in [-0.2, -0.15) is 4.98 Å². The Hall–Kier alpha value is -2.94.